The van der Waals surface area contributed by atoms with E-state index < -0.39 is 0 Å². The highest BCUT2D eigenvalue weighted by Gasteiger charge is 2.13. The van der Waals surface area contributed by atoms with Crippen LogP contribution in [-0.2, 0) is 0 Å². The molecular weight excluding hydrogens is 248 g/mol. The average Bonchev–Trinajstić information content (AvgIpc) is 1.97. The van der Waals surface area contributed by atoms with Crippen LogP contribution in [0.25, 0.3) is 0 Å². The van der Waals surface area contributed by atoms with E-state index in [1.54, 1.807) is 5.57 Å². The topological polar surface area (TPSA) is 0 Å². The average molecular weight is 275 g/mol. The van der Waals surface area contributed by atoms with Gasteiger partial charge in [-0.2, -0.15) is 0 Å². The van der Waals surface area contributed by atoms with Crippen molar-refractivity contribution in [1.29, 1.82) is 0 Å². The molecule has 0 bridgehead atoms. The van der Waals surface area contributed by atoms with Gasteiger partial charge in [-0.25, -0.2) is 0 Å². The highest BCUT2D eigenvalue weighted by Crippen LogP contribution is 2.27. The second kappa shape index (κ2) is 6.08. The molecular formula is C14H27Br. The largest absolute Gasteiger partial charge is 0.0880 e. The summed E-state index contributed by atoms with van der Waals surface area (Å²) in [5.41, 5.74) is 2.41. The summed E-state index contributed by atoms with van der Waals surface area (Å²) in [5.74, 6) is 0. The fourth-order valence-electron chi connectivity index (χ4n) is 1.56. The Morgan fingerprint density at radius 3 is 1.87 bits per heavy atom. The molecule has 0 aliphatic heterocycles. The minimum Gasteiger partial charge on any atom is -0.0880 e. The maximum Gasteiger partial charge on any atom is 0.0242 e. The summed E-state index contributed by atoms with van der Waals surface area (Å²) in [6.07, 6.45) is 6.10. The van der Waals surface area contributed by atoms with Gasteiger partial charge in [0, 0.05) is 5.33 Å². The lowest BCUT2D eigenvalue weighted by atomic mass is 9.86. The second-order valence-electron chi connectivity index (χ2n) is 6.83. The van der Waals surface area contributed by atoms with E-state index in [9.17, 15) is 0 Å². The van der Waals surface area contributed by atoms with Crippen LogP contribution in [0.2, 0.25) is 0 Å². The van der Waals surface area contributed by atoms with E-state index in [1.807, 2.05) is 0 Å². The smallest absolute Gasteiger partial charge is 0.0242 e. The minimum atomic E-state index is 0.404. The van der Waals surface area contributed by atoms with Gasteiger partial charge < -0.3 is 0 Å². The highest BCUT2D eigenvalue weighted by atomic mass is 79.9. The SMILES string of the molecule is CC(C)(C)CCC=C(CBr)CC(C)(C)C. The van der Waals surface area contributed by atoms with Gasteiger partial charge in [0.25, 0.3) is 0 Å². The van der Waals surface area contributed by atoms with Crippen LogP contribution in [0.15, 0.2) is 11.6 Å². The molecule has 0 heterocycles. The monoisotopic (exact) mass is 274 g/mol. The molecule has 0 atom stereocenters. The van der Waals surface area contributed by atoms with Gasteiger partial charge in [-0.1, -0.05) is 69.1 Å². The van der Waals surface area contributed by atoms with Crippen LogP contribution in [0.1, 0.15) is 60.8 Å². The maximum atomic E-state index is 3.58. The quantitative estimate of drug-likeness (QED) is 0.464. The molecule has 0 aromatic heterocycles. The second-order valence-corrected chi connectivity index (χ2v) is 7.39. The van der Waals surface area contributed by atoms with Crippen molar-refractivity contribution in [3.8, 4) is 0 Å². The van der Waals surface area contributed by atoms with Crippen molar-refractivity contribution < 1.29 is 0 Å². The van der Waals surface area contributed by atoms with Gasteiger partial charge in [-0.15, -0.1) is 0 Å². The Labute approximate surface area is 105 Å². The number of allylic oxidation sites excluding steroid dienone is 2. The Balaban J connectivity index is 4.12. The number of rotatable bonds is 4. The highest BCUT2D eigenvalue weighted by molar-refractivity contribution is 9.09. The summed E-state index contributed by atoms with van der Waals surface area (Å²) in [5, 5.41) is 1.02. The molecule has 0 rings (SSSR count). The zero-order valence-corrected chi connectivity index (χ0v) is 12.9. The van der Waals surface area contributed by atoms with Gasteiger partial charge in [0.15, 0.2) is 0 Å². The van der Waals surface area contributed by atoms with Crippen LogP contribution < -0.4 is 0 Å². The van der Waals surface area contributed by atoms with Crippen LogP contribution in [0.4, 0.5) is 0 Å². The molecule has 0 nitrogen and oxygen atoms in total. The Morgan fingerprint density at radius 1 is 1.00 bits per heavy atom. The molecule has 15 heavy (non-hydrogen) atoms. The lowest BCUT2D eigenvalue weighted by Crippen LogP contribution is -2.08. The first-order valence-electron chi connectivity index (χ1n) is 5.88. The van der Waals surface area contributed by atoms with Crippen LogP contribution in [0.3, 0.4) is 0 Å². The van der Waals surface area contributed by atoms with E-state index in [1.165, 1.54) is 19.3 Å². The van der Waals surface area contributed by atoms with E-state index in [0.29, 0.717) is 10.8 Å². The number of alkyl halides is 1. The van der Waals surface area contributed by atoms with Crippen molar-refractivity contribution in [2.45, 2.75) is 60.8 Å². The molecule has 1 heteroatoms. The van der Waals surface area contributed by atoms with Gasteiger partial charge >= 0.3 is 0 Å². The molecule has 0 aromatic carbocycles. The van der Waals surface area contributed by atoms with E-state index in [4.69, 9.17) is 0 Å². The third kappa shape index (κ3) is 10.5. The van der Waals surface area contributed by atoms with Crippen molar-refractivity contribution in [2.24, 2.45) is 10.8 Å². The number of hydrogen-bond acceptors (Lipinski definition) is 0. The summed E-state index contributed by atoms with van der Waals surface area (Å²) >= 11 is 3.58. The molecule has 0 radical (unpaired) electrons. The van der Waals surface area contributed by atoms with Gasteiger partial charge in [0.1, 0.15) is 0 Å². The summed E-state index contributed by atoms with van der Waals surface area (Å²) in [4.78, 5) is 0. The van der Waals surface area contributed by atoms with Gasteiger partial charge in [0.2, 0.25) is 0 Å². The third-order valence-corrected chi connectivity index (χ3v) is 2.98. The van der Waals surface area contributed by atoms with Crippen LogP contribution in [-0.4, -0.2) is 5.33 Å². The van der Waals surface area contributed by atoms with Crippen molar-refractivity contribution in [1.82, 2.24) is 0 Å². The minimum absolute atomic E-state index is 0.404. The molecule has 0 unspecified atom stereocenters. The molecule has 0 fully saturated rings. The summed E-state index contributed by atoms with van der Waals surface area (Å²) in [6, 6.07) is 0. The van der Waals surface area contributed by atoms with Crippen molar-refractivity contribution in [2.75, 3.05) is 5.33 Å². The fraction of sp³-hybridized carbons (Fsp3) is 0.857. The Bertz CT molecular complexity index is 200. The Hall–Kier alpha value is 0.220. The lowest BCUT2D eigenvalue weighted by molar-refractivity contribution is 0.379. The van der Waals surface area contributed by atoms with Crippen LogP contribution >= 0.6 is 15.9 Å². The standard InChI is InChI=1S/C14H27Br/c1-13(2,3)9-7-8-12(11-15)10-14(4,5)6/h8H,7,9-11H2,1-6H3. The van der Waals surface area contributed by atoms with E-state index in [0.717, 1.165) is 5.33 Å². The van der Waals surface area contributed by atoms with Crippen molar-refractivity contribution in [3.63, 3.8) is 0 Å². The fourth-order valence-corrected chi connectivity index (χ4v) is 1.99. The summed E-state index contributed by atoms with van der Waals surface area (Å²) in [7, 11) is 0. The normalized spacial score (nSPS) is 14.5. The first kappa shape index (κ1) is 15.2. The predicted octanol–water partition coefficient (Wildman–Crippen LogP) is 5.57. The van der Waals surface area contributed by atoms with Crippen LogP contribution in [0.5, 0.6) is 0 Å². The van der Waals surface area contributed by atoms with Crippen LogP contribution in [0, 0.1) is 10.8 Å². The molecule has 90 valence electrons. The molecule has 0 aliphatic rings. The summed E-state index contributed by atoms with van der Waals surface area (Å²) in [6.45, 7) is 13.8. The number of halogens is 1. The maximum absolute atomic E-state index is 3.58. The predicted molar refractivity (Wildman–Crippen MR) is 74.6 cm³/mol. The van der Waals surface area contributed by atoms with E-state index in [-0.39, 0.29) is 0 Å². The molecule has 0 N–H and O–H groups in total. The molecule has 0 aliphatic carbocycles. The first-order valence-corrected chi connectivity index (χ1v) is 7.00. The molecule has 0 spiro atoms. The van der Waals surface area contributed by atoms with Crippen molar-refractivity contribution in [3.05, 3.63) is 11.6 Å². The third-order valence-electron chi connectivity index (χ3n) is 2.26. The van der Waals surface area contributed by atoms with Gasteiger partial charge in [-0.05, 0) is 30.1 Å². The van der Waals surface area contributed by atoms with Gasteiger partial charge in [0.05, 0.1) is 0 Å². The zero-order chi connectivity index (χ0) is 12.1. The Kier molecular flexibility index (Phi) is 6.17. The van der Waals surface area contributed by atoms with Crippen molar-refractivity contribution >= 4 is 15.9 Å². The summed E-state index contributed by atoms with van der Waals surface area (Å²) < 4.78 is 0. The zero-order valence-electron chi connectivity index (χ0n) is 11.3. The van der Waals surface area contributed by atoms with E-state index in [2.05, 4.69) is 63.5 Å². The van der Waals surface area contributed by atoms with Gasteiger partial charge in [-0.3, -0.25) is 0 Å². The molecule has 0 saturated heterocycles. The Morgan fingerprint density at radius 2 is 1.53 bits per heavy atom. The molecule has 0 amide bonds. The first-order chi connectivity index (χ1) is 6.64. The lowest BCUT2D eigenvalue weighted by Gasteiger charge is -2.20. The molecule has 0 aromatic rings. The number of hydrogen-bond donors (Lipinski definition) is 0. The molecule has 0 saturated carbocycles. The van der Waals surface area contributed by atoms with E-state index >= 15 is 0 Å².